The molecular formula is C67H68O10S. The van der Waals surface area contributed by atoms with Crippen LogP contribution in [0, 0.1) is 0 Å². The van der Waals surface area contributed by atoms with Gasteiger partial charge in [0.25, 0.3) is 0 Å². The van der Waals surface area contributed by atoms with Gasteiger partial charge in [-0.1, -0.05) is 242 Å². The predicted molar refractivity (Wildman–Crippen MR) is 302 cm³/mol. The van der Waals surface area contributed by atoms with E-state index in [9.17, 15) is 0 Å². The summed E-state index contributed by atoms with van der Waals surface area (Å²) in [6.07, 6.45) is -6.40. The van der Waals surface area contributed by atoms with E-state index in [0.717, 1.165) is 43.8 Å². The Morgan fingerprint density at radius 2 is 0.564 bits per heavy atom. The average Bonchev–Trinajstić information content (AvgIpc) is 3.52. The van der Waals surface area contributed by atoms with E-state index in [0.29, 0.717) is 26.4 Å². The first-order valence-corrected chi connectivity index (χ1v) is 27.8. The van der Waals surface area contributed by atoms with Crippen molar-refractivity contribution in [2.45, 2.75) is 112 Å². The summed E-state index contributed by atoms with van der Waals surface area (Å²) < 4.78 is 70.6. The van der Waals surface area contributed by atoms with Gasteiger partial charge >= 0.3 is 0 Å². The SMILES string of the molecule is c1ccc(COC[C@H]2O[C@@H](OC[C@H]3O[C@@H](Sc4ccccc4)[C@H](OCc4ccccc4)[C@@H](OCc4ccccc4)[C@@H]3OCc3ccccc3)[C@H](OCc3ccccc3)[C@@H](OCc3ccccc3)[C@H]2OCc2ccccc2)cc1. The zero-order valence-electron chi connectivity index (χ0n) is 43.7. The second-order valence-electron chi connectivity index (χ2n) is 19.4. The number of benzene rings is 8. The Labute approximate surface area is 463 Å². The van der Waals surface area contributed by atoms with E-state index in [-0.39, 0.29) is 33.0 Å². The highest BCUT2D eigenvalue weighted by molar-refractivity contribution is 7.99. The summed E-state index contributed by atoms with van der Waals surface area (Å²) in [5.41, 5.74) is 6.54. The third-order valence-corrected chi connectivity index (χ3v) is 14.9. The first kappa shape index (κ1) is 55.0. The summed E-state index contributed by atoms with van der Waals surface area (Å²) in [4.78, 5) is 1.02. The molecule has 0 unspecified atom stereocenters. The van der Waals surface area contributed by atoms with Crippen LogP contribution in [0.4, 0.5) is 0 Å². The van der Waals surface area contributed by atoms with Crippen LogP contribution < -0.4 is 0 Å². The molecule has 0 radical (unpaired) electrons. The van der Waals surface area contributed by atoms with Crippen LogP contribution in [-0.2, 0) is 93.6 Å². The highest BCUT2D eigenvalue weighted by Crippen LogP contribution is 2.40. The Morgan fingerprint density at radius 3 is 0.949 bits per heavy atom. The molecule has 0 N–H and O–H groups in total. The van der Waals surface area contributed by atoms with Gasteiger partial charge in [0.05, 0.1) is 59.5 Å². The molecule has 2 saturated heterocycles. The van der Waals surface area contributed by atoms with Crippen molar-refractivity contribution in [2.75, 3.05) is 13.2 Å². The molecule has 0 amide bonds. The lowest BCUT2D eigenvalue weighted by atomic mass is 9.97. The largest absolute Gasteiger partial charge is 0.374 e. The van der Waals surface area contributed by atoms with E-state index in [1.54, 1.807) is 11.8 Å². The molecule has 10 nitrogen and oxygen atoms in total. The third kappa shape index (κ3) is 16.2. The lowest BCUT2D eigenvalue weighted by Crippen LogP contribution is -2.63. The van der Waals surface area contributed by atoms with Gasteiger partial charge in [-0.05, 0) is 51.1 Å². The van der Waals surface area contributed by atoms with Crippen molar-refractivity contribution in [1.82, 2.24) is 0 Å². The zero-order chi connectivity index (χ0) is 52.8. The van der Waals surface area contributed by atoms with E-state index in [1.807, 2.05) is 170 Å². The van der Waals surface area contributed by atoms with Crippen LogP contribution >= 0.6 is 11.8 Å². The van der Waals surface area contributed by atoms with E-state index >= 15 is 0 Å². The fraction of sp³-hybridized carbons (Fsp3) is 0.284. The number of rotatable bonds is 27. The molecule has 2 heterocycles. The van der Waals surface area contributed by atoms with Gasteiger partial charge in [0.1, 0.15) is 54.3 Å². The molecule has 402 valence electrons. The Hall–Kier alpha value is -6.29. The monoisotopic (exact) mass is 1060 g/mol. The lowest BCUT2D eigenvalue weighted by molar-refractivity contribution is -0.337. The predicted octanol–water partition coefficient (Wildman–Crippen LogP) is 13.0. The highest BCUT2D eigenvalue weighted by atomic mass is 32.2. The van der Waals surface area contributed by atoms with Gasteiger partial charge in [-0.15, -0.1) is 0 Å². The molecule has 2 fully saturated rings. The number of hydrogen-bond acceptors (Lipinski definition) is 11. The minimum atomic E-state index is -0.995. The summed E-state index contributed by atoms with van der Waals surface area (Å²) in [7, 11) is 0. The summed E-state index contributed by atoms with van der Waals surface area (Å²) in [5, 5.41) is 0. The quantitative estimate of drug-likeness (QED) is 0.0493. The summed E-state index contributed by atoms with van der Waals surface area (Å²) >= 11 is 1.59. The highest BCUT2D eigenvalue weighted by Gasteiger charge is 2.52. The van der Waals surface area contributed by atoms with Crippen molar-refractivity contribution >= 4 is 11.8 Å². The van der Waals surface area contributed by atoms with Crippen molar-refractivity contribution in [3.8, 4) is 0 Å². The van der Waals surface area contributed by atoms with Crippen LogP contribution in [0.1, 0.15) is 38.9 Å². The lowest BCUT2D eigenvalue weighted by Gasteiger charge is -2.48. The minimum Gasteiger partial charge on any atom is -0.374 e. The van der Waals surface area contributed by atoms with Crippen LogP contribution in [0.2, 0.25) is 0 Å². The first-order valence-electron chi connectivity index (χ1n) is 26.9. The number of hydrogen-bond donors (Lipinski definition) is 0. The Kier molecular flexibility index (Phi) is 20.9. The van der Waals surface area contributed by atoms with E-state index in [4.69, 9.17) is 47.4 Å². The average molecular weight is 1070 g/mol. The van der Waals surface area contributed by atoms with E-state index < -0.39 is 60.6 Å². The molecule has 0 bridgehead atoms. The smallest absolute Gasteiger partial charge is 0.187 e. The zero-order valence-corrected chi connectivity index (χ0v) is 44.5. The molecule has 10 atom stereocenters. The Bertz CT molecular complexity index is 2880. The van der Waals surface area contributed by atoms with Gasteiger partial charge in [0, 0.05) is 4.90 Å². The van der Waals surface area contributed by atoms with Gasteiger partial charge in [-0.3, -0.25) is 0 Å². The number of thioether (sulfide) groups is 1. The van der Waals surface area contributed by atoms with Gasteiger partial charge in [0.2, 0.25) is 0 Å². The molecule has 2 aliphatic heterocycles. The summed E-state index contributed by atoms with van der Waals surface area (Å²) in [6.45, 7) is 2.37. The molecule has 2 aliphatic rings. The van der Waals surface area contributed by atoms with E-state index in [1.165, 1.54) is 0 Å². The Balaban J connectivity index is 1.01. The minimum absolute atomic E-state index is 0.0241. The summed E-state index contributed by atoms with van der Waals surface area (Å²) in [6, 6.07) is 81.3. The van der Waals surface area contributed by atoms with Crippen molar-refractivity contribution in [1.29, 1.82) is 0 Å². The van der Waals surface area contributed by atoms with Crippen LogP contribution in [-0.4, -0.2) is 73.8 Å². The van der Waals surface area contributed by atoms with E-state index in [2.05, 4.69) is 72.8 Å². The number of ether oxygens (including phenoxy) is 10. The molecule has 10 rings (SSSR count). The molecule has 0 saturated carbocycles. The van der Waals surface area contributed by atoms with Gasteiger partial charge in [-0.2, -0.15) is 0 Å². The molecule has 8 aromatic rings. The van der Waals surface area contributed by atoms with Crippen LogP contribution in [0.5, 0.6) is 0 Å². The summed E-state index contributed by atoms with van der Waals surface area (Å²) in [5.74, 6) is 0. The molecule has 11 heteroatoms. The van der Waals surface area contributed by atoms with Crippen LogP contribution in [0.15, 0.2) is 248 Å². The topological polar surface area (TPSA) is 92.3 Å². The molecule has 0 aliphatic carbocycles. The maximum Gasteiger partial charge on any atom is 0.187 e. The Morgan fingerprint density at radius 1 is 0.269 bits per heavy atom. The normalized spacial score (nSPS) is 23.2. The molecule has 78 heavy (non-hydrogen) atoms. The fourth-order valence-electron chi connectivity index (χ4n) is 9.68. The third-order valence-electron chi connectivity index (χ3n) is 13.7. The maximum absolute atomic E-state index is 7.34. The standard InChI is InChI=1S/C67H68O10S/c1-9-25-50(26-10-1)41-68-48-58-60(69-42-51-27-11-2-12-28-51)62(71-44-53-31-15-4-16-32-53)64(73-46-55-35-19-6-20-36-55)66(76-58)75-49-59-61(70-43-52-29-13-3-14-30-52)63(72-45-54-33-17-5-18-34-54)65(74-47-56-37-21-7-22-38-56)67(77-59)78-57-39-23-8-24-40-57/h1-40,58-67H,41-49H2/t58-,59-,60+,61-,62+,63+,64-,65-,66-,67+/m1/s1. The van der Waals surface area contributed by atoms with Crippen molar-refractivity contribution in [3.63, 3.8) is 0 Å². The van der Waals surface area contributed by atoms with Gasteiger partial charge < -0.3 is 47.4 Å². The maximum atomic E-state index is 7.34. The van der Waals surface area contributed by atoms with Crippen molar-refractivity contribution < 1.29 is 47.4 Å². The second kappa shape index (κ2) is 29.6. The van der Waals surface area contributed by atoms with Gasteiger partial charge in [-0.25, -0.2) is 0 Å². The molecular weight excluding hydrogens is 997 g/mol. The van der Waals surface area contributed by atoms with Crippen molar-refractivity contribution in [3.05, 3.63) is 282 Å². The second-order valence-corrected chi connectivity index (χ2v) is 20.6. The van der Waals surface area contributed by atoms with Crippen LogP contribution in [0.3, 0.4) is 0 Å². The molecule has 0 aromatic heterocycles. The first-order chi connectivity index (χ1) is 38.7. The van der Waals surface area contributed by atoms with Crippen molar-refractivity contribution in [2.24, 2.45) is 0 Å². The fourth-order valence-corrected chi connectivity index (χ4v) is 10.8. The molecule has 0 spiro atoms. The van der Waals surface area contributed by atoms with Gasteiger partial charge in [0.15, 0.2) is 6.29 Å². The van der Waals surface area contributed by atoms with Crippen LogP contribution in [0.25, 0.3) is 0 Å². The molecule has 8 aromatic carbocycles.